The molecule has 0 aliphatic carbocycles. The minimum Gasteiger partial charge on any atom is -0.305 e. The minimum atomic E-state index is 0.721. The Morgan fingerprint density at radius 3 is 2.35 bits per heavy atom. The van der Waals surface area contributed by atoms with Crippen LogP contribution in [0.3, 0.4) is 0 Å². The van der Waals surface area contributed by atoms with Gasteiger partial charge in [0, 0.05) is 28.3 Å². The average Bonchev–Trinajstić information content (AvgIpc) is 2.95. The Bertz CT molecular complexity index is 783. The van der Waals surface area contributed by atoms with Gasteiger partial charge in [0.1, 0.15) is 0 Å². The first-order chi connectivity index (χ1) is 11.2. The molecular weight excluding hydrogens is 346 g/mol. The van der Waals surface area contributed by atoms with Crippen LogP contribution in [0.4, 0.5) is 0 Å². The molecule has 0 unspecified atom stereocenters. The van der Waals surface area contributed by atoms with Gasteiger partial charge in [-0.05, 0) is 48.2 Å². The second-order valence-electron chi connectivity index (χ2n) is 5.01. The van der Waals surface area contributed by atoms with Gasteiger partial charge in [0.05, 0.1) is 0 Å². The fourth-order valence-electron chi connectivity index (χ4n) is 2.16. The molecule has 6 heteroatoms. The van der Waals surface area contributed by atoms with Gasteiger partial charge in [0.25, 0.3) is 0 Å². The van der Waals surface area contributed by atoms with E-state index in [2.05, 4.69) is 40.7 Å². The summed E-state index contributed by atoms with van der Waals surface area (Å²) < 4.78 is 2.02. The zero-order chi connectivity index (χ0) is 16.2. The van der Waals surface area contributed by atoms with Crippen molar-refractivity contribution < 1.29 is 0 Å². The summed E-state index contributed by atoms with van der Waals surface area (Å²) in [6.45, 7) is 0. The molecule has 0 atom stereocenters. The number of hydrogen-bond acceptors (Lipinski definition) is 4. The highest BCUT2D eigenvalue weighted by atomic mass is 35.5. The monoisotopic (exact) mass is 361 g/mol. The van der Waals surface area contributed by atoms with E-state index >= 15 is 0 Å². The molecule has 0 amide bonds. The predicted molar refractivity (Wildman–Crippen MR) is 99.2 cm³/mol. The van der Waals surface area contributed by atoms with Crippen LogP contribution in [0.1, 0.15) is 5.56 Å². The van der Waals surface area contributed by atoms with Crippen molar-refractivity contribution in [1.82, 2.24) is 14.8 Å². The van der Waals surface area contributed by atoms with Crippen LogP contribution in [0, 0.1) is 0 Å². The number of benzene rings is 2. The van der Waals surface area contributed by atoms with Crippen molar-refractivity contribution in [1.29, 1.82) is 0 Å². The molecular formula is C17H16ClN3S2. The molecule has 0 N–H and O–H groups in total. The molecule has 0 aliphatic heterocycles. The lowest BCUT2D eigenvalue weighted by Crippen LogP contribution is -1.95. The zero-order valence-corrected chi connectivity index (χ0v) is 15.3. The molecule has 3 nitrogen and oxygen atoms in total. The zero-order valence-electron chi connectivity index (χ0n) is 12.9. The van der Waals surface area contributed by atoms with Crippen LogP contribution in [0.5, 0.6) is 0 Å². The molecule has 1 heterocycles. The van der Waals surface area contributed by atoms with Gasteiger partial charge in [-0.25, -0.2) is 0 Å². The maximum absolute atomic E-state index is 5.93. The summed E-state index contributed by atoms with van der Waals surface area (Å²) >= 11 is 9.38. The summed E-state index contributed by atoms with van der Waals surface area (Å²) in [6.07, 6.45) is 2.08. The maximum atomic E-state index is 5.93. The van der Waals surface area contributed by atoms with Gasteiger partial charge < -0.3 is 4.57 Å². The smallest absolute Gasteiger partial charge is 0.191 e. The average molecular weight is 362 g/mol. The summed E-state index contributed by atoms with van der Waals surface area (Å²) in [6, 6.07) is 16.3. The van der Waals surface area contributed by atoms with Crippen molar-refractivity contribution in [2.24, 2.45) is 7.05 Å². The summed E-state index contributed by atoms with van der Waals surface area (Å²) in [4.78, 5) is 1.28. The van der Waals surface area contributed by atoms with E-state index in [-0.39, 0.29) is 0 Å². The Morgan fingerprint density at radius 2 is 1.70 bits per heavy atom. The van der Waals surface area contributed by atoms with Crippen molar-refractivity contribution in [3.05, 3.63) is 59.1 Å². The molecule has 0 bridgehead atoms. The van der Waals surface area contributed by atoms with Gasteiger partial charge in [-0.15, -0.1) is 22.0 Å². The van der Waals surface area contributed by atoms with Crippen LogP contribution in [-0.4, -0.2) is 21.0 Å². The van der Waals surface area contributed by atoms with Crippen molar-refractivity contribution in [2.45, 2.75) is 15.8 Å². The van der Waals surface area contributed by atoms with Crippen LogP contribution >= 0.6 is 35.1 Å². The topological polar surface area (TPSA) is 30.7 Å². The highest BCUT2D eigenvalue weighted by Gasteiger charge is 2.11. The molecule has 3 aromatic rings. The van der Waals surface area contributed by atoms with E-state index in [1.165, 1.54) is 10.5 Å². The molecule has 0 fully saturated rings. The van der Waals surface area contributed by atoms with Crippen LogP contribution < -0.4 is 0 Å². The van der Waals surface area contributed by atoms with Crippen molar-refractivity contribution in [3.63, 3.8) is 0 Å². The standard InChI is InChI=1S/C17H16ClN3S2/c1-21-16(13-5-7-14(18)8-6-13)19-20-17(21)23-11-12-3-9-15(22-2)10-4-12/h3-10H,11H2,1-2H3. The second-order valence-corrected chi connectivity index (χ2v) is 7.27. The number of thioether (sulfide) groups is 2. The maximum Gasteiger partial charge on any atom is 0.191 e. The number of hydrogen-bond donors (Lipinski definition) is 0. The highest BCUT2D eigenvalue weighted by molar-refractivity contribution is 7.98. The van der Waals surface area contributed by atoms with E-state index in [1.807, 2.05) is 35.9 Å². The number of halogens is 1. The molecule has 0 aliphatic rings. The van der Waals surface area contributed by atoms with Crippen LogP contribution in [0.25, 0.3) is 11.4 Å². The summed E-state index contributed by atoms with van der Waals surface area (Å²) in [5.74, 6) is 1.73. The van der Waals surface area contributed by atoms with Gasteiger partial charge >= 0.3 is 0 Å². The van der Waals surface area contributed by atoms with Gasteiger partial charge in [-0.3, -0.25) is 0 Å². The fourth-order valence-corrected chi connectivity index (χ4v) is 3.56. The van der Waals surface area contributed by atoms with Crippen molar-refractivity contribution in [3.8, 4) is 11.4 Å². The third kappa shape index (κ3) is 3.91. The van der Waals surface area contributed by atoms with E-state index in [0.29, 0.717) is 0 Å². The SMILES string of the molecule is CSc1ccc(CSc2nnc(-c3ccc(Cl)cc3)n2C)cc1. The number of nitrogens with zero attached hydrogens (tertiary/aromatic N) is 3. The van der Waals surface area contributed by atoms with Gasteiger partial charge in [0.2, 0.25) is 0 Å². The first-order valence-corrected chi connectivity index (χ1v) is 9.67. The van der Waals surface area contributed by atoms with Gasteiger partial charge in [-0.1, -0.05) is 35.5 Å². The summed E-state index contributed by atoms with van der Waals surface area (Å²) in [5.41, 5.74) is 2.30. The third-order valence-electron chi connectivity index (χ3n) is 3.46. The lowest BCUT2D eigenvalue weighted by molar-refractivity contribution is 0.794. The Morgan fingerprint density at radius 1 is 1.00 bits per heavy atom. The fraction of sp³-hybridized carbons (Fsp3) is 0.176. The van der Waals surface area contributed by atoms with Crippen LogP contribution in [0.2, 0.25) is 5.02 Å². The summed E-state index contributed by atoms with van der Waals surface area (Å²) in [7, 11) is 1.99. The molecule has 0 saturated heterocycles. The van der Waals surface area contributed by atoms with E-state index < -0.39 is 0 Å². The van der Waals surface area contributed by atoms with Crippen molar-refractivity contribution in [2.75, 3.05) is 6.26 Å². The van der Waals surface area contributed by atoms with E-state index in [1.54, 1.807) is 23.5 Å². The van der Waals surface area contributed by atoms with Gasteiger partial charge in [-0.2, -0.15) is 0 Å². The minimum absolute atomic E-state index is 0.721. The first-order valence-electron chi connectivity index (χ1n) is 7.08. The molecule has 1 aromatic heterocycles. The predicted octanol–water partition coefficient (Wildman–Crippen LogP) is 5.15. The molecule has 0 radical (unpaired) electrons. The lowest BCUT2D eigenvalue weighted by atomic mass is 10.2. The second kappa shape index (κ2) is 7.43. The number of rotatable bonds is 5. The molecule has 23 heavy (non-hydrogen) atoms. The third-order valence-corrected chi connectivity index (χ3v) is 5.55. The quantitative estimate of drug-likeness (QED) is 0.588. The molecule has 3 rings (SSSR count). The van der Waals surface area contributed by atoms with Crippen molar-refractivity contribution >= 4 is 35.1 Å². The van der Waals surface area contributed by atoms with Gasteiger partial charge in [0.15, 0.2) is 11.0 Å². The first kappa shape index (κ1) is 16.4. The Kier molecular flexibility index (Phi) is 5.30. The molecule has 0 spiro atoms. The normalized spacial score (nSPS) is 10.9. The number of aromatic nitrogens is 3. The Balaban J connectivity index is 1.72. The molecule has 2 aromatic carbocycles. The summed E-state index contributed by atoms with van der Waals surface area (Å²) in [5, 5.41) is 10.2. The Hall–Kier alpha value is -1.43. The highest BCUT2D eigenvalue weighted by Crippen LogP contribution is 2.26. The van der Waals surface area contributed by atoms with Crippen LogP contribution in [0.15, 0.2) is 58.6 Å². The molecule has 0 saturated carbocycles. The lowest BCUT2D eigenvalue weighted by Gasteiger charge is -2.05. The van der Waals surface area contributed by atoms with E-state index in [0.717, 1.165) is 27.3 Å². The Labute approximate surface area is 149 Å². The van der Waals surface area contributed by atoms with E-state index in [9.17, 15) is 0 Å². The van der Waals surface area contributed by atoms with Crippen LogP contribution in [-0.2, 0) is 12.8 Å². The largest absolute Gasteiger partial charge is 0.305 e. The van der Waals surface area contributed by atoms with E-state index in [4.69, 9.17) is 11.6 Å². The molecule has 118 valence electrons.